The van der Waals surface area contributed by atoms with Crippen LogP contribution < -0.4 is 14.2 Å². The molecule has 0 aromatic heterocycles. The van der Waals surface area contributed by atoms with Gasteiger partial charge in [-0.1, -0.05) is 27.2 Å². The largest absolute Gasteiger partial charge is 0.496 e. The van der Waals surface area contributed by atoms with E-state index in [4.69, 9.17) is 14.2 Å². The van der Waals surface area contributed by atoms with E-state index in [-0.39, 0.29) is 0 Å². The highest BCUT2D eigenvalue weighted by Gasteiger charge is 2.23. The molecule has 0 saturated heterocycles. The van der Waals surface area contributed by atoms with Gasteiger partial charge in [0.1, 0.15) is 17.2 Å². The predicted molar refractivity (Wildman–Crippen MR) is 121 cm³/mol. The Labute approximate surface area is 172 Å². The lowest BCUT2D eigenvalue weighted by Gasteiger charge is -2.23. The van der Waals surface area contributed by atoms with Crippen LogP contribution in [0.25, 0.3) is 0 Å². The van der Waals surface area contributed by atoms with Gasteiger partial charge in [0, 0.05) is 22.9 Å². The van der Waals surface area contributed by atoms with Crippen LogP contribution in [0.15, 0.2) is 12.1 Å². The molecule has 1 atom stereocenters. The summed E-state index contributed by atoms with van der Waals surface area (Å²) < 4.78 is 17.5. The van der Waals surface area contributed by atoms with Gasteiger partial charge < -0.3 is 14.2 Å². The number of hydrogen-bond donors (Lipinski definition) is 0. The van der Waals surface area contributed by atoms with Crippen molar-refractivity contribution in [2.75, 3.05) is 38.6 Å². The molecule has 0 aliphatic rings. The molecule has 6 heteroatoms. The van der Waals surface area contributed by atoms with Crippen molar-refractivity contribution in [1.82, 2.24) is 0 Å². The molecule has 0 saturated carbocycles. The van der Waals surface area contributed by atoms with Gasteiger partial charge >= 0.3 is 0 Å². The smallest absolute Gasteiger partial charge is 0.130 e. The molecule has 0 bridgehead atoms. The monoisotopic (exact) mass is 418 g/mol. The number of methoxy groups -OCH3 is 3. The third-order valence-corrected chi connectivity index (χ3v) is 7.96. The van der Waals surface area contributed by atoms with Crippen LogP contribution in [-0.4, -0.2) is 43.2 Å². The Hall–Kier alpha value is -0.330. The first kappa shape index (κ1) is 23.7. The molecular weight excluding hydrogens is 384 g/mol. The molecule has 0 aliphatic carbocycles. The van der Waals surface area contributed by atoms with Gasteiger partial charge in [-0.05, 0) is 30.1 Å². The summed E-state index contributed by atoms with van der Waals surface area (Å²) in [6, 6.07) is 3.92. The molecule has 0 aliphatic heterocycles. The van der Waals surface area contributed by atoms with Crippen molar-refractivity contribution in [1.29, 1.82) is 0 Å². The number of hydrogen-bond acceptors (Lipinski definition) is 6. The van der Waals surface area contributed by atoms with E-state index in [1.54, 1.807) is 21.3 Å². The molecule has 1 rings (SSSR count). The van der Waals surface area contributed by atoms with E-state index in [2.05, 4.69) is 44.3 Å². The van der Waals surface area contributed by atoms with Gasteiger partial charge in [-0.15, -0.1) is 23.5 Å². The average Bonchev–Trinajstić information content (AvgIpc) is 2.66. The quantitative estimate of drug-likeness (QED) is 0.320. The highest BCUT2D eigenvalue weighted by molar-refractivity contribution is 8.16. The molecule has 0 heterocycles. The zero-order chi connectivity index (χ0) is 19.4. The first-order chi connectivity index (χ1) is 12.6. The minimum Gasteiger partial charge on any atom is -0.496 e. The van der Waals surface area contributed by atoms with Crippen molar-refractivity contribution in [3.8, 4) is 17.2 Å². The van der Waals surface area contributed by atoms with Crippen LogP contribution in [0.5, 0.6) is 17.2 Å². The van der Waals surface area contributed by atoms with Gasteiger partial charge in [0.2, 0.25) is 0 Å². The lowest BCUT2D eigenvalue weighted by Crippen LogP contribution is -2.05. The molecule has 1 aromatic rings. The second-order valence-corrected chi connectivity index (χ2v) is 10.4. The zero-order valence-corrected chi connectivity index (χ0v) is 19.5. The Morgan fingerprint density at radius 3 is 1.73 bits per heavy atom. The fourth-order valence-corrected chi connectivity index (χ4v) is 6.66. The third kappa shape index (κ3) is 7.35. The summed E-state index contributed by atoms with van der Waals surface area (Å²) in [5.41, 5.74) is 1.16. The van der Waals surface area contributed by atoms with Crippen molar-refractivity contribution in [3.63, 3.8) is 0 Å². The third-order valence-electron chi connectivity index (χ3n) is 4.05. The van der Waals surface area contributed by atoms with Gasteiger partial charge in [-0.25, -0.2) is 0 Å². The molecule has 0 radical (unpaired) electrons. The maximum Gasteiger partial charge on any atom is 0.130 e. The molecule has 1 unspecified atom stereocenters. The Balaban J connectivity index is 2.94. The lowest BCUT2D eigenvalue weighted by molar-refractivity contribution is 0.367. The summed E-state index contributed by atoms with van der Waals surface area (Å²) in [6.45, 7) is 6.70. The van der Waals surface area contributed by atoms with E-state index in [0.29, 0.717) is 9.83 Å². The Morgan fingerprint density at radius 2 is 1.31 bits per heavy atom. The van der Waals surface area contributed by atoms with Gasteiger partial charge in [-0.2, -0.15) is 11.8 Å². The Morgan fingerprint density at radius 1 is 0.769 bits per heavy atom. The summed E-state index contributed by atoms with van der Waals surface area (Å²) in [5.74, 6) is 5.92. The molecule has 1 aromatic carbocycles. The van der Waals surface area contributed by atoms with Crippen LogP contribution in [-0.2, 0) is 0 Å². The van der Waals surface area contributed by atoms with Crippen LogP contribution in [0.3, 0.4) is 0 Å². The van der Waals surface area contributed by atoms with Crippen molar-refractivity contribution in [2.24, 2.45) is 0 Å². The van der Waals surface area contributed by atoms with Crippen molar-refractivity contribution < 1.29 is 14.2 Å². The summed E-state index contributed by atoms with van der Waals surface area (Å²) >= 11 is 6.11. The molecule has 150 valence electrons. The summed E-state index contributed by atoms with van der Waals surface area (Å²) in [6.07, 6.45) is 3.59. The van der Waals surface area contributed by atoms with Crippen LogP contribution in [0.2, 0.25) is 0 Å². The lowest BCUT2D eigenvalue weighted by atomic mass is 10.0. The summed E-state index contributed by atoms with van der Waals surface area (Å²) in [7, 11) is 5.11. The number of benzene rings is 1. The zero-order valence-electron chi connectivity index (χ0n) is 17.0. The maximum absolute atomic E-state index is 5.68. The van der Waals surface area contributed by atoms with Crippen molar-refractivity contribution >= 4 is 35.3 Å². The predicted octanol–water partition coefficient (Wildman–Crippen LogP) is 6.51. The van der Waals surface area contributed by atoms with E-state index in [0.717, 1.165) is 35.0 Å². The van der Waals surface area contributed by atoms with E-state index in [9.17, 15) is 0 Å². The Bertz CT molecular complexity index is 480. The summed E-state index contributed by atoms with van der Waals surface area (Å²) in [5, 5.41) is 0.370. The Kier molecular flexibility index (Phi) is 12.6. The second-order valence-electron chi connectivity index (χ2n) is 5.66. The molecule has 0 N–H and O–H groups in total. The minimum atomic E-state index is 0.370. The molecule has 0 amide bonds. The van der Waals surface area contributed by atoms with E-state index in [1.165, 1.54) is 24.3 Å². The van der Waals surface area contributed by atoms with Gasteiger partial charge in [0.15, 0.2) is 0 Å². The standard InChI is InChI=1S/C20H34O3S3/c1-7-24-18(11-10-12-19(25-8-2)26-9-3)20-16(22-5)13-15(21-4)14-17(20)23-6/h13-14,18-19H,7-12H2,1-6H3. The molecule has 3 nitrogen and oxygen atoms in total. The number of thioether (sulfide) groups is 3. The van der Waals surface area contributed by atoms with E-state index < -0.39 is 0 Å². The normalized spacial score (nSPS) is 12.3. The van der Waals surface area contributed by atoms with Crippen LogP contribution in [0.4, 0.5) is 0 Å². The topological polar surface area (TPSA) is 27.7 Å². The van der Waals surface area contributed by atoms with Crippen LogP contribution in [0.1, 0.15) is 50.8 Å². The molecule has 26 heavy (non-hydrogen) atoms. The van der Waals surface area contributed by atoms with Crippen molar-refractivity contribution in [2.45, 2.75) is 49.9 Å². The molecule has 0 spiro atoms. The minimum absolute atomic E-state index is 0.370. The molecular formula is C20H34O3S3. The number of rotatable bonds is 14. The van der Waals surface area contributed by atoms with Crippen molar-refractivity contribution in [3.05, 3.63) is 17.7 Å². The molecule has 0 fully saturated rings. The summed E-state index contributed by atoms with van der Waals surface area (Å²) in [4.78, 5) is 0. The first-order valence-corrected chi connectivity index (χ1v) is 12.4. The van der Waals surface area contributed by atoms with Crippen LogP contribution in [0, 0.1) is 0 Å². The van der Waals surface area contributed by atoms with Gasteiger partial charge in [0.05, 0.1) is 25.9 Å². The highest BCUT2D eigenvalue weighted by Crippen LogP contribution is 2.46. The second kappa shape index (κ2) is 13.8. The fraction of sp³-hybridized carbons (Fsp3) is 0.700. The average molecular weight is 419 g/mol. The van der Waals surface area contributed by atoms with E-state index in [1.807, 2.05) is 23.9 Å². The van der Waals surface area contributed by atoms with Crippen LogP contribution >= 0.6 is 35.3 Å². The van der Waals surface area contributed by atoms with Gasteiger partial charge in [-0.3, -0.25) is 0 Å². The number of ether oxygens (including phenoxy) is 3. The first-order valence-electron chi connectivity index (χ1n) is 9.29. The highest BCUT2D eigenvalue weighted by atomic mass is 32.2. The van der Waals surface area contributed by atoms with E-state index >= 15 is 0 Å². The maximum atomic E-state index is 5.68. The van der Waals surface area contributed by atoms with Gasteiger partial charge in [0.25, 0.3) is 0 Å². The fourth-order valence-electron chi connectivity index (χ4n) is 2.92. The SMILES string of the molecule is CCSC(CCCC(SCC)c1c(OC)cc(OC)cc1OC)SCC.